The Morgan fingerprint density at radius 1 is 1.33 bits per heavy atom. The van der Waals surface area contributed by atoms with Crippen LogP contribution in [0.4, 0.5) is 0 Å². The van der Waals surface area contributed by atoms with Crippen LogP contribution in [-0.2, 0) is 11.8 Å². The molecule has 0 N–H and O–H groups in total. The molecular formula is C16H26N4O. The Hall–Kier alpha value is -1.39. The molecule has 2 heterocycles. The highest BCUT2D eigenvalue weighted by Crippen LogP contribution is 2.51. The zero-order valence-corrected chi connectivity index (χ0v) is 13.4. The summed E-state index contributed by atoms with van der Waals surface area (Å²) in [5.74, 6) is 1.75. The van der Waals surface area contributed by atoms with Gasteiger partial charge in [-0.05, 0) is 18.3 Å². The highest BCUT2D eigenvalue weighted by atomic mass is 16.2. The second-order valence-electron chi connectivity index (χ2n) is 7.15. The van der Waals surface area contributed by atoms with E-state index in [9.17, 15) is 4.79 Å². The van der Waals surface area contributed by atoms with Gasteiger partial charge in [0.25, 0.3) is 0 Å². The molecule has 21 heavy (non-hydrogen) atoms. The van der Waals surface area contributed by atoms with Crippen LogP contribution in [-0.4, -0.2) is 38.7 Å². The van der Waals surface area contributed by atoms with Gasteiger partial charge in [0, 0.05) is 32.0 Å². The summed E-state index contributed by atoms with van der Waals surface area (Å²) in [7, 11) is 2.01. The largest absolute Gasteiger partial charge is 0.341 e. The predicted molar refractivity (Wildman–Crippen MR) is 80.7 cm³/mol. The van der Waals surface area contributed by atoms with Gasteiger partial charge in [0.1, 0.15) is 12.2 Å². The maximum Gasteiger partial charge on any atom is 0.225 e. The molecule has 1 amide bonds. The third-order valence-corrected chi connectivity index (χ3v) is 5.36. The van der Waals surface area contributed by atoms with Crippen molar-refractivity contribution in [3.63, 3.8) is 0 Å². The summed E-state index contributed by atoms with van der Waals surface area (Å²) in [6, 6.07) is 0. The quantitative estimate of drug-likeness (QED) is 0.840. The summed E-state index contributed by atoms with van der Waals surface area (Å²) in [5, 5.41) is 8.42. The molecule has 1 aliphatic carbocycles. The minimum atomic E-state index is 0.0730. The molecule has 116 valence electrons. The lowest BCUT2D eigenvalue weighted by Crippen LogP contribution is -2.36. The zero-order chi connectivity index (χ0) is 15.0. The van der Waals surface area contributed by atoms with Crippen molar-refractivity contribution < 1.29 is 4.79 Å². The average molecular weight is 290 g/mol. The number of amides is 1. The Kier molecular flexibility index (Phi) is 3.76. The Labute approximate surface area is 126 Å². The number of carbonyl (C=O) groups excluding carboxylic acids is 1. The van der Waals surface area contributed by atoms with Gasteiger partial charge in [0.05, 0.1) is 0 Å². The molecule has 2 fully saturated rings. The number of hydrogen-bond acceptors (Lipinski definition) is 3. The van der Waals surface area contributed by atoms with Crippen LogP contribution in [0.5, 0.6) is 0 Å². The van der Waals surface area contributed by atoms with Crippen LogP contribution in [0.25, 0.3) is 0 Å². The summed E-state index contributed by atoms with van der Waals surface area (Å²) >= 11 is 0. The molecule has 2 aliphatic rings. The van der Waals surface area contributed by atoms with Gasteiger partial charge >= 0.3 is 0 Å². The minimum Gasteiger partial charge on any atom is -0.341 e. The van der Waals surface area contributed by atoms with Gasteiger partial charge in [-0.1, -0.05) is 33.1 Å². The SMILES string of the molecule is CC(C)C(=O)N1CC(c2nncn2C)C2(CCCCC2)C1. The van der Waals surface area contributed by atoms with Crippen LogP contribution in [0.3, 0.4) is 0 Å². The van der Waals surface area contributed by atoms with E-state index in [1.807, 2.05) is 25.5 Å². The first-order valence-electron chi connectivity index (χ1n) is 8.16. The van der Waals surface area contributed by atoms with E-state index in [0.29, 0.717) is 5.92 Å². The first-order chi connectivity index (χ1) is 10.0. The Bertz CT molecular complexity index is 516. The molecule has 1 spiro atoms. The first-order valence-corrected chi connectivity index (χ1v) is 8.16. The molecule has 0 radical (unpaired) electrons. The smallest absolute Gasteiger partial charge is 0.225 e. The summed E-state index contributed by atoms with van der Waals surface area (Å²) in [4.78, 5) is 14.5. The lowest BCUT2D eigenvalue weighted by molar-refractivity contribution is -0.133. The minimum absolute atomic E-state index is 0.0730. The number of nitrogens with zero attached hydrogens (tertiary/aromatic N) is 4. The lowest BCUT2D eigenvalue weighted by Gasteiger charge is -2.37. The van der Waals surface area contributed by atoms with Gasteiger partial charge in [-0.15, -0.1) is 10.2 Å². The molecule has 0 bridgehead atoms. The Balaban J connectivity index is 1.91. The molecule has 1 atom stereocenters. The zero-order valence-electron chi connectivity index (χ0n) is 13.4. The van der Waals surface area contributed by atoms with E-state index in [-0.39, 0.29) is 17.2 Å². The van der Waals surface area contributed by atoms with Crippen LogP contribution in [0.2, 0.25) is 0 Å². The number of hydrogen-bond donors (Lipinski definition) is 0. The normalized spacial score (nSPS) is 25.0. The Morgan fingerprint density at radius 3 is 2.62 bits per heavy atom. The average Bonchev–Trinajstić information content (AvgIpc) is 3.03. The second-order valence-corrected chi connectivity index (χ2v) is 7.15. The number of likely N-dealkylation sites (tertiary alicyclic amines) is 1. The number of carbonyl (C=O) groups is 1. The van der Waals surface area contributed by atoms with Gasteiger partial charge in [-0.3, -0.25) is 4.79 Å². The fourth-order valence-electron chi connectivity index (χ4n) is 4.23. The molecule has 5 nitrogen and oxygen atoms in total. The molecular weight excluding hydrogens is 264 g/mol. The van der Waals surface area contributed by atoms with Crippen LogP contribution >= 0.6 is 0 Å². The predicted octanol–water partition coefficient (Wildman–Crippen LogP) is 2.35. The highest BCUT2D eigenvalue weighted by molar-refractivity contribution is 5.78. The number of rotatable bonds is 2. The van der Waals surface area contributed by atoms with Gasteiger partial charge in [-0.25, -0.2) is 0 Å². The van der Waals surface area contributed by atoms with E-state index >= 15 is 0 Å². The molecule has 1 aromatic rings. The van der Waals surface area contributed by atoms with E-state index in [1.165, 1.54) is 32.1 Å². The molecule has 5 heteroatoms. The lowest BCUT2D eigenvalue weighted by atomic mass is 9.67. The molecule has 0 aromatic carbocycles. The fourth-order valence-corrected chi connectivity index (χ4v) is 4.23. The third kappa shape index (κ3) is 2.47. The highest BCUT2D eigenvalue weighted by Gasteiger charge is 2.50. The Morgan fingerprint density at radius 2 is 2.05 bits per heavy atom. The van der Waals surface area contributed by atoms with Crippen molar-refractivity contribution in [3.8, 4) is 0 Å². The third-order valence-electron chi connectivity index (χ3n) is 5.36. The van der Waals surface area contributed by atoms with Crippen LogP contribution in [0, 0.1) is 11.3 Å². The van der Waals surface area contributed by atoms with E-state index in [1.54, 1.807) is 6.33 Å². The molecule has 1 unspecified atom stereocenters. The van der Waals surface area contributed by atoms with Gasteiger partial charge in [-0.2, -0.15) is 0 Å². The van der Waals surface area contributed by atoms with Gasteiger partial charge in [0.2, 0.25) is 5.91 Å². The molecule has 1 saturated carbocycles. The maximum absolute atomic E-state index is 12.5. The topological polar surface area (TPSA) is 51.0 Å². The van der Waals surface area contributed by atoms with Crippen molar-refractivity contribution >= 4 is 5.91 Å². The van der Waals surface area contributed by atoms with Crippen molar-refractivity contribution in [1.29, 1.82) is 0 Å². The summed E-state index contributed by atoms with van der Waals surface area (Å²) < 4.78 is 2.03. The summed E-state index contributed by atoms with van der Waals surface area (Å²) in [6.07, 6.45) is 8.08. The van der Waals surface area contributed by atoms with Crippen molar-refractivity contribution in [2.45, 2.75) is 51.9 Å². The van der Waals surface area contributed by atoms with Gasteiger partial charge < -0.3 is 9.47 Å². The molecule has 1 aromatic heterocycles. The van der Waals surface area contributed by atoms with E-state index < -0.39 is 0 Å². The van der Waals surface area contributed by atoms with E-state index in [2.05, 4.69) is 15.1 Å². The summed E-state index contributed by atoms with van der Waals surface area (Å²) in [5.41, 5.74) is 0.226. The molecule has 1 aliphatic heterocycles. The van der Waals surface area contributed by atoms with Crippen molar-refractivity contribution in [2.24, 2.45) is 18.4 Å². The number of aromatic nitrogens is 3. The maximum atomic E-state index is 12.5. The van der Waals surface area contributed by atoms with E-state index in [0.717, 1.165) is 18.9 Å². The van der Waals surface area contributed by atoms with Crippen molar-refractivity contribution in [3.05, 3.63) is 12.2 Å². The summed E-state index contributed by atoms with van der Waals surface area (Å²) in [6.45, 7) is 5.70. The van der Waals surface area contributed by atoms with Crippen LogP contribution in [0.15, 0.2) is 6.33 Å². The first kappa shape index (κ1) is 14.5. The monoisotopic (exact) mass is 290 g/mol. The molecule has 3 rings (SSSR count). The van der Waals surface area contributed by atoms with Crippen LogP contribution < -0.4 is 0 Å². The van der Waals surface area contributed by atoms with Crippen molar-refractivity contribution in [1.82, 2.24) is 19.7 Å². The van der Waals surface area contributed by atoms with E-state index in [4.69, 9.17) is 0 Å². The number of aryl methyl sites for hydroxylation is 1. The second kappa shape index (κ2) is 5.43. The van der Waals surface area contributed by atoms with Gasteiger partial charge in [0.15, 0.2) is 0 Å². The standard InChI is InChI=1S/C16H26N4O/c1-12(2)15(21)20-9-13(14-18-17-11-19(14)3)16(10-20)7-5-4-6-8-16/h11-13H,4-10H2,1-3H3. The fraction of sp³-hybridized carbons (Fsp3) is 0.812. The van der Waals surface area contributed by atoms with Crippen LogP contribution in [0.1, 0.15) is 57.7 Å². The molecule has 1 saturated heterocycles. The van der Waals surface area contributed by atoms with Crippen molar-refractivity contribution in [2.75, 3.05) is 13.1 Å².